The predicted octanol–water partition coefficient (Wildman–Crippen LogP) is 3.73. The number of aliphatic imine (C=N–C) groups is 1. The van der Waals surface area contributed by atoms with E-state index in [2.05, 4.69) is 18.0 Å². The van der Waals surface area contributed by atoms with Crippen LogP contribution in [0.25, 0.3) is 11.1 Å². The van der Waals surface area contributed by atoms with Crippen molar-refractivity contribution in [2.75, 3.05) is 0 Å². The third kappa shape index (κ3) is 4.39. The van der Waals surface area contributed by atoms with E-state index in [1.54, 1.807) is 5.32 Å². The second-order valence-electron chi connectivity index (χ2n) is 6.82. The highest BCUT2D eigenvalue weighted by Gasteiger charge is 2.25. The van der Waals surface area contributed by atoms with Gasteiger partial charge in [-0.2, -0.15) is 5.26 Å². The zero-order chi connectivity index (χ0) is 19.2. The molecular weight excluding hydrogens is 334 g/mol. The van der Waals surface area contributed by atoms with Crippen molar-refractivity contribution in [1.82, 2.24) is 0 Å². The fourth-order valence-electron chi connectivity index (χ4n) is 3.31. The van der Waals surface area contributed by atoms with Crippen LogP contribution < -0.4 is 5.32 Å². The van der Waals surface area contributed by atoms with Gasteiger partial charge in [-0.25, -0.2) is 15.1 Å². The standard InChI is InChI=1S/C23H23N3O/c1-3-4-9-22-21(23(27)26-16(2)25-22)14-17-10-12-18(13-11-17)20-8-6-5-7-19(20)15-24/h5-8,10-13H,3-4,9,14H2,1-2H3,(H,25,26,27)/p+1. The molecule has 27 heavy (non-hydrogen) atoms. The van der Waals surface area contributed by atoms with Crippen LogP contribution in [-0.4, -0.2) is 11.7 Å². The molecule has 2 aromatic rings. The molecule has 0 bridgehead atoms. The SMILES string of the molecule is CCCCC1=C(Cc2ccc(-c3ccccc3C#N)cc2)C(=O)[NH2+]C(C)=N1. The minimum absolute atomic E-state index is 0.0764. The van der Waals surface area contributed by atoms with E-state index >= 15 is 0 Å². The fourth-order valence-corrected chi connectivity index (χ4v) is 3.31. The van der Waals surface area contributed by atoms with E-state index in [4.69, 9.17) is 0 Å². The van der Waals surface area contributed by atoms with Crippen molar-refractivity contribution in [2.24, 2.45) is 4.99 Å². The first-order valence-corrected chi connectivity index (χ1v) is 9.37. The third-order valence-corrected chi connectivity index (χ3v) is 4.76. The molecule has 1 amide bonds. The largest absolute Gasteiger partial charge is 0.346 e. The van der Waals surface area contributed by atoms with Crippen LogP contribution in [0.4, 0.5) is 0 Å². The molecule has 1 aliphatic rings. The molecule has 0 atom stereocenters. The molecular formula is C23H24N3O+. The van der Waals surface area contributed by atoms with Crippen molar-refractivity contribution >= 4 is 11.7 Å². The van der Waals surface area contributed by atoms with Crippen LogP contribution in [0.5, 0.6) is 0 Å². The van der Waals surface area contributed by atoms with Gasteiger partial charge in [0.15, 0.2) is 0 Å². The summed E-state index contributed by atoms with van der Waals surface area (Å²) in [5, 5.41) is 10.9. The van der Waals surface area contributed by atoms with Crippen molar-refractivity contribution in [3.05, 3.63) is 70.9 Å². The second-order valence-corrected chi connectivity index (χ2v) is 6.82. The molecule has 0 aromatic heterocycles. The number of amidine groups is 1. The zero-order valence-electron chi connectivity index (χ0n) is 15.8. The maximum atomic E-state index is 12.5. The molecule has 0 saturated heterocycles. The number of rotatable bonds is 6. The summed E-state index contributed by atoms with van der Waals surface area (Å²) in [6.07, 6.45) is 3.55. The summed E-state index contributed by atoms with van der Waals surface area (Å²) in [4.78, 5) is 17.1. The summed E-state index contributed by atoms with van der Waals surface area (Å²) in [7, 11) is 0. The topological polar surface area (TPSA) is 69.8 Å². The number of hydrogen-bond donors (Lipinski definition) is 1. The maximum absolute atomic E-state index is 12.5. The van der Waals surface area contributed by atoms with Crippen molar-refractivity contribution in [2.45, 2.75) is 39.5 Å². The molecule has 3 rings (SSSR count). The Balaban J connectivity index is 1.87. The zero-order valence-corrected chi connectivity index (χ0v) is 15.8. The van der Waals surface area contributed by atoms with Crippen LogP contribution >= 0.6 is 0 Å². The monoisotopic (exact) mass is 358 g/mol. The van der Waals surface area contributed by atoms with Gasteiger partial charge in [-0.15, -0.1) is 0 Å². The number of nitrogens with zero attached hydrogens (tertiary/aromatic N) is 2. The molecule has 2 N–H and O–H groups in total. The Kier molecular flexibility index (Phi) is 5.95. The average molecular weight is 358 g/mol. The highest BCUT2D eigenvalue weighted by atomic mass is 16.1. The van der Waals surface area contributed by atoms with E-state index in [1.807, 2.05) is 55.5 Å². The number of nitriles is 1. The molecule has 1 aliphatic heterocycles. The highest BCUT2D eigenvalue weighted by Crippen LogP contribution is 2.25. The van der Waals surface area contributed by atoms with Crippen molar-refractivity contribution in [3.8, 4) is 17.2 Å². The minimum atomic E-state index is 0.0764. The van der Waals surface area contributed by atoms with Crippen molar-refractivity contribution in [3.63, 3.8) is 0 Å². The predicted molar refractivity (Wildman–Crippen MR) is 107 cm³/mol. The first-order chi connectivity index (χ1) is 13.1. The van der Waals surface area contributed by atoms with Gasteiger partial charge in [0, 0.05) is 13.3 Å². The Morgan fingerprint density at radius 1 is 1.11 bits per heavy atom. The number of quaternary nitrogens is 1. The number of carbonyl (C=O) groups excluding carboxylic acids is 1. The number of carbonyl (C=O) groups is 1. The lowest BCUT2D eigenvalue weighted by Gasteiger charge is -2.14. The number of hydrogen-bond acceptors (Lipinski definition) is 3. The quantitative estimate of drug-likeness (QED) is 0.855. The van der Waals surface area contributed by atoms with Gasteiger partial charge >= 0.3 is 5.91 Å². The third-order valence-electron chi connectivity index (χ3n) is 4.76. The highest BCUT2D eigenvalue weighted by molar-refractivity contribution is 5.95. The van der Waals surface area contributed by atoms with Crippen LogP contribution in [0.1, 0.15) is 44.2 Å². The molecule has 0 unspecified atom stereocenters. The number of benzene rings is 2. The van der Waals surface area contributed by atoms with Crippen LogP contribution in [0, 0.1) is 11.3 Å². The van der Waals surface area contributed by atoms with E-state index in [0.717, 1.165) is 53.1 Å². The van der Waals surface area contributed by atoms with Crippen LogP contribution in [-0.2, 0) is 11.2 Å². The number of allylic oxidation sites excluding steroid dienone is 1. The molecule has 0 aliphatic carbocycles. The molecule has 4 heteroatoms. The van der Waals surface area contributed by atoms with Crippen molar-refractivity contribution < 1.29 is 10.1 Å². The summed E-state index contributed by atoms with van der Waals surface area (Å²) in [5.74, 6) is 0.866. The Bertz CT molecular complexity index is 946. The summed E-state index contributed by atoms with van der Waals surface area (Å²) < 4.78 is 0. The van der Waals surface area contributed by atoms with Gasteiger partial charge in [0.2, 0.25) is 5.84 Å². The lowest BCUT2D eigenvalue weighted by atomic mass is 9.95. The van der Waals surface area contributed by atoms with Gasteiger partial charge in [0.25, 0.3) is 0 Å². The van der Waals surface area contributed by atoms with Gasteiger partial charge in [-0.05, 0) is 35.6 Å². The Labute approximate surface area is 160 Å². The number of amides is 1. The number of primary amides is 1. The van der Waals surface area contributed by atoms with Gasteiger partial charge in [-0.1, -0.05) is 55.8 Å². The van der Waals surface area contributed by atoms with Gasteiger partial charge in [0.05, 0.1) is 22.9 Å². The molecule has 0 saturated carbocycles. The maximum Gasteiger partial charge on any atom is 0.346 e. The van der Waals surface area contributed by atoms with Crippen LogP contribution in [0.15, 0.2) is 64.8 Å². The van der Waals surface area contributed by atoms with Crippen LogP contribution in [0.2, 0.25) is 0 Å². The second kappa shape index (κ2) is 8.57. The molecule has 4 nitrogen and oxygen atoms in total. The number of nitrogens with two attached hydrogens (primary N) is 1. The summed E-state index contributed by atoms with van der Waals surface area (Å²) in [6.45, 7) is 4.02. The van der Waals surface area contributed by atoms with Crippen molar-refractivity contribution in [1.29, 1.82) is 5.26 Å². The Morgan fingerprint density at radius 2 is 1.85 bits per heavy atom. The minimum Gasteiger partial charge on any atom is -0.234 e. The molecule has 2 aromatic carbocycles. The fraction of sp³-hybridized carbons (Fsp3) is 0.261. The first kappa shape index (κ1) is 18.8. The van der Waals surface area contributed by atoms with E-state index in [1.165, 1.54) is 0 Å². The van der Waals surface area contributed by atoms with E-state index in [9.17, 15) is 10.1 Å². The van der Waals surface area contributed by atoms with E-state index in [-0.39, 0.29) is 5.91 Å². The summed E-state index contributed by atoms with van der Waals surface area (Å²) >= 11 is 0. The first-order valence-electron chi connectivity index (χ1n) is 9.37. The Hall–Kier alpha value is -3.03. The molecule has 0 spiro atoms. The van der Waals surface area contributed by atoms with Gasteiger partial charge in [0.1, 0.15) is 0 Å². The number of unbranched alkanes of at least 4 members (excludes halogenated alkanes) is 1. The summed E-state index contributed by atoms with van der Waals surface area (Å²) in [6, 6.07) is 17.9. The lowest BCUT2D eigenvalue weighted by molar-refractivity contribution is -0.450. The summed E-state index contributed by atoms with van der Waals surface area (Å²) in [5.41, 5.74) is 5.41. The van der Waals surface area contributed by atoms with Crippen LogP contribution in [0.3, 0.4) is 0 Å². The van der Waals surface area contributed by atoms with Gasteiger partial charge in [-0.3, -0.25) is 0 Å². The van der Waals surface area contributed by atoms with E-state index < -0.39 is 0 Å². The normalized spacial score (nSPS) is 14.1. The molecule has 0 fully saturated rings. The Morgan fingerprint density at radius 3 is 2.56 bits per heavy atom. The molecule has 0 radical (unpaired) electrons. The lowest BCUT2D eigenvalue weighted by Crippen LogP contribution is -2.92. The molecule has 136 valence electrons. The van der Waals surface area contributed by atoms with E-state index in [0.29, 0.717) is 12.0 Å². The smallest absolute Gasteiger partial charge is 0.234 e. The average Bonchev–Trinajstić information content (AvgIpc) is 2.69. The molecule has 1 heterocycles. The van der Waals surface area contributed by atoms with Gasteiger partial charge < -0.3 is 0 Å².